The van der Waals surface area contributed by atoms with Crippen LogP contribution in [0.1, 0.15) is 16.1 Å². The van der Waals surface area contributed by atoms with Crippen LogP contribution in [0.2, 0.25) is 0 Å². The molecule has 6 nitrogen and oxygen atoms in total. The Kier molecular flexibility index (Phi) is 5.17. The number of halogens is 1. The number of hydrogen-bond acceptors (Lipinski definition) is 5. The van der Waals surface area contributed by atoms with Crippen LogP contribution in [-0.2, 0) is 6.54 Å². The highest BCUT2D eigenvalue weighted by Crippen LogP contribution is 2.30. The van der Waals surface area contributed by atoms with E-state index in [9.17, 15) is 9.18 Å². The number of hydrogen-bond donors (Lipinski definition) is 1. The van der Waals surface area contributed by atoms with Gasteiger partial charge >= 0.3 is 0 Å². The molecule has 0 aliphatic carbocycles. The summed E-state index contributed by atoms with van der Waals surface area (Å²) in [7, 11) is 3.09. The molecule has 0 saturated carbocycles. The van der Waals surface area contributed by atoms with Crippen molar-refractivity contribution in [1.82, 2.24) is 10.5 Å². The van der Waals surface area contributed by atoms with Crippen LogP contribution in [0.15, 0.2) is 53.1 Å². The lowest BCUT2D eigenvalue weighted by atomic mass is 10.1. The highest BCUT2D eigenvalue weighted by Gasteiger charge is 2.15. The Hall–Kier alpha value is -3.35. The highest BCUT2D eigenvalue weighted by atomic mass is 19.1. The smallest absolute Gasteiger partial charge is 0.273 e. The first-order chi connectivity index (χ1) is 12.6. The maximum Gasteiger partial charge on any atom is 0.273 e. The molecule has 134 valence electrons. The van der Waals surface area contributed by atoms with Crippen molar-refractivity contribution in [2.24, 2.45) is 0 Å². The standard InChI is InChI=1S/C19H17FN2O4/c1-24-16-5-3-4-13(18(16)25-2)11-21-19(23)15-10-17(26-22-15)12-6-8-14(20)9-7-12/h3-10H,11H2,1-2H3,(H,21,23). The molecule has 0 unspecified atom stereocenters. The molecule has 1 aromatic heterocycles. The van der Waals surface area contributed by atoms with Crippen molar-refractivity contribution >= 4 is 5.91 Å². The molecule has 1 amide bonds. The van der Waals surface area contributed by atoms with Gasteiger partial charge in [-0.3, -0.25) is 4.79 Å². The maximum absolute atomic E-state index is 13.0. The highest BCUT2D eigenvalue weighted by molar-refractivity contribution is 5.93. The first-order valence-electron chi connectivity index (χ1n) is 7.83. The molecule has 26 heavy (non-hydrogen) atoms. The van der Waals surface area contributed by atoms with E-state index >= 15 is 0 Å². The predicted molar refractivity (Wildman–Crippen MR) is 92.6 cm³/mol. The van der Waals surface area contributed by atoms with E-state index in [0.29, 0.717) is 22.8 Å². The average Bonchev–Trinajstić information content (AvgIpc) is 3.16. The Balaban J connectivity index is 1.71. The summed E-state index contributed by atoms with van der Waals surface area (Å²) in [5.41, 5.74) is 1.53. The van der Waals surface area contributed by atoms with Crippen molar-refractivity contribution in [1.29, 1.82) is 0 Å². The van der Waals surface area contributed by atoms with Gasteiger partial charge in [0.25, 0.3) is 5.91 Å². The molecule has 3 aromatic rings. The van der Waals surface area contributed by atoms with Gasteiger partial charge in [0.05, 0.1) is 14.2 Å². The number of carbonyl (C=O) groups is 1. The Morgan fingerprint density at radius 1 is 1.15 bits per heavy atom. The van der Waals surface area contributed by atoms with Crippen LogP contribution in [0.4, 0.5) is 4.39 Å². The van der Waals surface area contributed by atoms with Crippen molar-refractivity contribution < 1.29 is 23.2 Å². The number of aromatic nitrogens is 1. The number of amides is 1. The van der Waals surface area contributed by atoms with Crippen LogP contribution in [-0.4, -0.2) is 25.3 Å². The molecular formula is C19H17FN2O4. The Morgan fingerprint density at radius 2 is 1.92 bits per heavy atom. The normalized spacial score (nSPS) is 10.4. The molecule has 1 heterocycles. The Morgan fingerprint density at radius 3 is 2.62 bits per heavy atom. The number of carbonyl (C=O) groups excluding carboxylic acids is 1. The molecule has 0 atom stereocenters. The predicted octanol–water partition coefficient (Wildman–Crippen LogP) is 3.43. The van der Waals surface area contributed by atoms with E-state index in [1.54, 1.807) is 25.3 Å². The zero-order valence-corrected chi connectivity index (χ0v) is 14.3. The summed E-state index contributed by atoms with van der Waals surface area (Å²) >= 11 is 0. The van der Waals surface area contributed by atoms with Crippen molar-refractivity contribution in [3.8, 4) is 22.8 Å². The van der Waals surface area contributed by atoms with E-state index in [0.717, 1.165) is 5.56 Å². The molecule has 1 N–H and O–H groups in total. The van der Waals surface area contributed by atoms with Crippen LogP contribution in [0.3, 0.4) is 0 Å². The van der Waals surface area contributed by atoms with Crippen molar-refractivity contribution in [3.05, 3.63) is 65.6 Å². The summed E-state index contributed by atoms with van der Waals surface area (Å²) in [5, 5.41) is 6.52. The van der Waals surface area contributed by atoms with Gasteiger partial charge in [0.1, 0.15) is 5.82 Å². The van der Waals surface area contributed by atoms with Gasteiger partial charge in [0.15, 0.2) is 23.0 Å². The molecular weight excluding hydrogens is 339 g/mol. The largest absolute Gasteiger partial charge is 0.493 e. The monoisotopic (exact) mass is 356 g/mol. The molecule has 0 radical (unpaired) electrons. The third-order valence-corrected chi connectivity index (χ3v) is 3.80. The van der Waals surface area contributed by atoms with E-state index in [4.69, 9.17) is 14.0 Å². The van der Waals surface area contributed by atoms with Gasteiger partial charge in [-0.1, -0.05) is 17.3 Å². The zero-order valence-electron chi connectivity index (χ0n) is 14.3. The fourth-order valence-corrected chi connectivity index (χ4v) is 2.49. The van der Waals surface area contributed by atoms with Crippen LogP contribution in [0.25, 0.3) is 11.3 Å². The minimum atomic E-state index is -0.396. The first-order valence-corrected chi connectivity index (χ1v) is 7.83. The molecule has 0 aliphatic rings. The number of rotatable bonds is 6. The van der Waals surface area contributed by atoms with Crippen molar-refractivity contribution in [2.45, 2.75) is 6.54 Å². The average molecular weight is 356 g/mol. The summed E-state index contributed by atoms with van der Waals surface area (Å²) in [6.45, 7) is 0.234. The van der Waals surface area contributed by atoms with Crippen LogP contribution in [0, 0.1) is 5.82 Å². The molecule has 0 spiro atoms. The summed E-state index contributed by atoms with van der Waals surface area (Å²) in [5.74, 6) is 0.779. The molecule has 0 fully saturated rings. The van der Waals surface area contributed by atoms with E-state index in [-0.39, 0.29) is 18.1 Å². The molecule has 2 aromatic carbocycles. The molecule has 3 rings (SSSR count). The summed E-state index contributed by atoms with van der Waals surface area (Å²) in [6.07, 6.45) is 0. The third kappa shape index (κ3) is 3.66. The molecule has 7 heteroatoms. The quantitative estimate of drug-likeness (QED) is 0.732. The second-order valence-electron chi connectivity index (χ2n) is 5.42. The van der Waals surface area contributed by atoms with E-state index in [1.807, 2.05) is 12.1 Å². The van der Waals surface area contributed by atoms with E-state index < -0.39 is 5.91 Å². The topological polar surface area (TPSA) is 73.6 Å². The Labute approximate surface area is 149 Å². The lowest BCUT2D eigenvalue weighted by Gasteiger charge is -2.12. The van der Waals surface area contributed by atoms with Crippen LogP contribution < -0.4 is 14.8 Å². The number of nitrogens with one attached hydrogen (secondary N) is 1. The van der Waals surface area contributed by atoms with Gasteiger partial charge in [0.2, 0.25) is 0 Å². The van der Waals surface area contributed by atoms with Gasteiger partial charge in [-0.2, -0.15) is 0 Å². The number of ether oxygens (including phenoxy) is 2. The van der Waals surface area contributed by atoms with E-state index in [2.05, 4.69) is 10.5 Å². The van der Waals surface area contributed by atoms with Gasteiger partial charge < -0.3 is 19.3 Å². The SMILES string of the molecule is COc1cccc(CNC(=O)c2cc(-c3ccc(F)cc3)on2)c1OC. The first kappa shape index (κ1) is 17.5. The molecule has 0 saturated heterocycles. The van der Waals surface area contributed by atoms with Gasteiger partial charge in [0, 0.05) is 23.7 Å². The number of methoxy groups -OCH3 is 2. The van der Waals surface area contributed by atoms with Crippen molar-refractivity contribution in [3.63, 3.8) is 0 Å². The Bertz CT molecular complexity index is 906. The number of para-hydroxylation sites is 1. The molecule has 0 bridgehead atoms. The second kappa shape index (κ2) is 7.69. The fourth-order valence-electron chi connectivity index (χ4n) is 2.49. The summed E-state index contributed by atoms with van der Waals surface area (Å²) < 4.78 is 28.7. The summed E-state index contributed by atoms with van der Waals surface area (Å²) in [6, 6.07) is 12.7. The van der Waals surface area contributed by atoms with Crippen LogP contribution >= 0.6 is 0 Å². The third-order valence-electron chi connectivity index (χ3n) is 3.80. The van der Waals surface area contributed by atoms with Crippen molar-refractivity contribution in [2.75, 3.05) is 14.2 Å². The number of benzene rings is 2. The summed E-state index contributed by atoms with van der Waals surface area (Å²) in [4.78, 5) is 12.3. The minimum Gasteiger partial charge on any atom is -0.493 e. The van der Waals surface area contributed by atoms with Gasteiger partial charge in [-0.15, -0.1) is 0 Å². The van der Waals surface area contributed by atoms with Gasteiger partial charge in [-0.25, -0.2) is 4.39 Å². The lowest BCUT2D eigenvalue weighted by molar-refractivity contribution is 0.0941. The number of nitrogens with zero attached hydrogens (tertiary/aromatic N) is 1. The van der Waals surface area contributed by atoms with Gasteiger partial charge in [-0.05, 0) is 30.3 Å². The van der Waals surface area contributed by atoms with Crippen LogP contribution in [0.5, 0.6) is 11.5 Å². The van der Waals surface area contributed by atoms with E-state index in [1.165, 1.54) is 25.3 Å². The fraction of sp³-hybridized carbons (Fsp3) is 0.158. The lowest BCUT2D eigenvalue weighted by Crippen LogP contribution is -2.23. The zero-order chi connectivity index (χ0) is 18.5. The second-order valence-corrected chi connectivity index (χ2v) is 5.42. The molecule has 0 aliphatic heterocycles. The maximum atomic E-state index is 13.0. The minimum absolute atomic E-state index is 0.131.